The molecule has 1 aromatic carbocycles. The van der Waals surface area contributed by atoms with E-state index in [0.29, 0.717) is 6.33 Å². The highest BCUT2D eigenvalue weighted by molar-refractivity contribution is 6.30. The van der Waals surface area contributed by atoms with Gasteiger partial charge < -0.3 is 4.74 Å². The minimum absolute atomic E-state index is 0.00763. The number of halogens is 5. The van der Waals surface area contributed by atoms with Crippen LogP contribution < -0.4 is 15.9 Å². The molecule has 0 aliphatic heterocycles. The maximum atomic E-state index is 13.4. The molecule has 0 saturated heterocycles. The van der Waals surface area contributed by atoms with E-state index in [1.807, 2.05) is 0 Å². The third-order valence-electron chi connectivity index (χ3n) is 3.68. The number of nitriles is 1. The van der Waals surface area contributed by atoms with Crippen LogP contribution in [0.15, 0.2) is 40.2 Å². The van der Waals surface area contributed by atoms with E-state index in [4.69, 9.17) is 33.2 Å². The Balaban J connectivity index is 2.12. The highest BCUT2D eigenvalue weighted by Gasteiger charge is 2.38. The molecule has 0 saturated carbocycles. The number of hydrogen-bond donors (Lipinski definition) is 1. The van der Waals surface area contributed by atoms with Crippen molar-refractivity contribution < 1.29 is 17.9 Å². The van der Waals surface area contributed by atoms with Gasteiger partial charge in [-0.2, -0.15) is 23.5 Å². The zero-order valence-corrected chi connectivity index (χ0v) is 16.0. The second-order valence-corrected chi connectivity index (χ2v) is 6.61. The summed E-state index contributed by atoms with van der Waals surface area (Å²) in [4.78, 5) is 27.8. The molecule has 3 rings (SSSR count). The molecule has 2 aromatic heterocycles. The second kappa shape index (κ2) is 8.17. The van der Waals surface area contributed by atoms with E-state index in [2.05, 4.69) is 15.2 Å². The van der Waals surface area contributed by atoms with Gasteiger partial charge in [0.25, 0.3) is 11.1 Å². The molecular formula is C17H8Cl2F3N5O3. The summed E-state index contributed by atoms with van der Waals surface area (Å²) in [7, 11) is 0. The maximum absolute atomic E-state index is 13.4. The predicted molar refractivity (Wildman–Crippen MR) is 98.7 cm³/mol. The van der Waals surface area contributed by atoms with Crippen LogP contribution in [0.3, 0.4) is 0 Å². The molecule has 8 nitrogen and oxygen atoms in total. The predicted octanol–water partition coefficient (Wildman–Crippen LogP) is 3.36. The van der Waals surface area contributed by atoms with Gasteiger partial charge in [-0.3, -0.25) is 14.2 Å². The van der Waals surface area contributed by atoms with E-state index >= 15 is 0 Å². The van der Waals surface area contributed by atoms with Crippen molar-refractivity contribution >= 4 is 23.2 Å². The third kappa shape index (κ3) is 4.61. The summed E-state index contributed by atoms with van der Waals surface area (Å²) in [5, 5.41) is 14.5. The first-order chi connectivity index (χ1) is 14.1. The molecule has 0 amide bonds. The summed E-state index contributed by atoms with van der Waals surface area (Å²) in [6, 6.07) is 6.42. The monoisotopic (exact) mass is 457 g/mol. The quantitative estimate of drug-likeness (QED) is 0.642. The average Bonchev–Trinajstić information content (AvgIpc) is 2.66. The van der Waals surface area contributed by atoms with Crippen molar-refractivity contribution in [1.29, 1.82) is 5.26 Å². The zero-order chi connectivity index (χ0) is 22.1. The first-order valence-electron chi connectivity index (χ1n) is 7.88. The largest absolute Gasteiger partial charge is 0.449 e. The average molecular weight is 458 g/mol. The van der Waals surface area contributed by atoms with Crippen LogP contribution in [0.1, 0.15) is 16.8 Å². The van der Waals surface area contributed by atoms with E-state index in [9.17, 15) is 22.8 Å². The van der Waals surface area contributed by atoms with Crippen molar-refractivity contribution in [2.24, 2.45) is 0 Å². The Morgan fingerprint density at radius 3 is 2.60 bits per heavy atom. The lowest BCUT2D eigenvalue weighted by molar-refractivity contribution is -0.142. The standard InChI is InChI=1S/C17H8Cl2F3N5O3/c18-10-1-8(5-23)2-11(4-10)30-13-14(17(20,21)22)24-7-27(16(13)29)6-9-3-12(19)25-26-15(9)28/h1-4,7H,6H2,(H,26,28). The second-order valence-electron chi connectivity index (χ2n) is 5.79. The Morgan fingerprint density at radius 1 is 1.20 bits per heavy atom. The molecule has 3 aromatic rings. The number of nitrogens with zero attached hydrogens (tertiary/aromatic N) is 4. The van der Waals surface area contributed by atoms with Gasteiger partial charge in [0.15, 0.2) is 5.69 Å². The van der Waals surface area contributed by atoms with E-state index in [-0.39, 0.29) is 27.1 Å². The van der Waals surface area contributed by atoms with Crippen LogP contribution in [0.2, 0.25) is 10.2 Å². The number of hydrogen-bond acceptors (Lipinski definition) is 6. The molecule has 0 atom stereocenters. The highest BCUT2D eigenvalue weighted by Crippen LogP contribution is 2.35. The summed E-state index contributed by atoms with van der Waals surface area (Å²) in [6.45, 7) is -0.448. The fourth-order valence-corrected chi connectivity index (χ4v) is 2.80. The SMILES string of the molecule is N#Cc1cc(Cl)cc(Oc2c(C(F)(F)F)ncn(Cc3cc(Cl)n[nH]c3=O)c2=O)c1. The smallest absolute Gasteiger partial charge is 0.437 e. The van der Waals surface area contributed by atoms with E-state index in [1.54, 1.807) is 6.07 Å². The molecule has 0 spiro atoms. The summed E-state index contributed by atoms with van der Waals surface area (Å²) in [6.07, 6.45) is -4.38. The molecule has 0 aliphatic carbocycles. The van der Waals surface area contributed by atoms with Crippen molar-refractivity contribution in [3.8, 4) is 17.6 Å². The summed E-state index contributed by atoms with van der Waals surface area (Å²) >= 11 is 11.5. The number of nitrogens with one attached hydrogen (secondary N) is 1. The lowest BCUT2D eigenvalue weighted by Crippen LogP contribution is -2.28. The Labute approximate surface area is 175 Å². The molecule has 0 radical (unpaired) electrons. The maximum Gasteiger partial charge on any atom is 0.437 e. The number of alkyl halides is 3. The number of benzene rings is 1. The zero-order valence-electron chi connectivity index (χ0n) is 14.5. The van der Waals surface area contributed by atoms with E-state index in [0.717, 1.165) is 22.8 Å². The first-order valence-corrected chi connectivity index (χ1v) is 8.63. The van der Waals surface area contributed by atoms with Gasteiger partial charge in [-0.15, -0.1) is 0 Å². The highest BCUT2D eigenvalue weighted by atomic mass is 35.5. The van der Waals surface area contributed by atoms with Crippen LogP contribution in [0.4, 0.5) is 13.2 Å². The van der Waals surface area contributed by atoms with Crippen LogP contribution in [0.5, 0.6) is 11.5 Å². The van der Waals surface area contributed by atoms with Gasteiger partial charge in [-0.25, -0.2) is 10.1 Å². The molecule has 30 heavy (non-hydrogen) atoms. The van der Waals surface area contributed by atoms with Gasteiger partial charge in [0.1, 0.15) is 10.9 Å². The van der Waals surface area contributed by atoms with Crippen molar-refractivity contribution in [1.82, 2.24) is 19.7 Å². The van der Waals surface area contributed by atoms with Crippen LogP contribution in [-0.4, -0.2) is 19.7 Å². The molecular weight excluding hydrogens is 450 g/mol. The minimum Gasteiger partial charge on any atom is -0.449 e. The van der Waals surface area contributed by atoms with Gasteiger partial charge >= 0.3 is 6.18 Å². The van der Waals surface area contributed by atoms with E-state index in [1.165, 1.54) is 6.07 Å². The van der Waals surface area contributed by atoms with Crippen LogP contribution >= 0.6 is 23.2 Å². The molecule has 13 heteroatoms. The Kier molecular flexibility index (Phi) is 5.82. The number of aromatic nitrogens is 4. The Hall–Kier alpha value is -3.36. The normalized spacial score (nSPS) is 11.2. The molecule has 0 unspecified atom stereocenters. The van der Waals surface area contributed by atoms with Crippen molar-refractivity contribution in [3.63, 3.8) is 0 Å². The first kappa shape index (κ1) is 21.4. The summed E-state index contributed by atoms with van der Waals surface area (Å²) < 4.78 is 46.0. The fourth-order valence-electron chi connectivity index (χ4n) is 2.40. The molecule has 2 heterocycles. The molecule has 0 bridgehead atoms. The van der Waals surface area contributed by atoms with Crippen LogP contribution in [-0.2, 0) is 12.7 Å². The lowest BCUT2D eigenvalue weighted by Gasteiger charge is -2.14. The van der Waals surface area contributed by atoms with Crippen LogP contribution in [0, 0.1) is 11.3 Å². The van der Waals surface area contributed by atoms with Gasteiger partial charge in [0, 0.05) is 10.6 Å². The van der Waals surface area contributed by atoms with Gasteiger partial charge in [0.05, 0.1) is 24.5 Å². The number of rotatable bonds is 4. The Bertz CT molecular complexity index is 1280. The topological polar surface area (TPSA) is 114 Å². The summed E-state index contributed by atoms with van der Waals surface area (Å²) in [5.74, 6) is -1.42. The number of ether oxygens (including phenoxy) is 1. The van der Waals surface area contributed by atoms with Crippen LogP contribution in [0.25, 0.3) is 0 Å². The van der Waals surface area contributed by atoms with Crippen molar-refractivity contribution in [2.45, 2.75) is 12.7 Å². The fraction of sp³-hybridized carbons (Fsp3) is 0.118. The van der Waals surface area contributed by atoms with Gasteiger partial charge in [-0.05, 0) is 24.3 Å². The lowest BCUT2D eigenvalue weighted by atomic mass is 10.2. The van der Waals surface area contributed by atoms with Gasteiger partial charge in [-0.1, -0.05) is 23.2 Å². The number of aromatic amines is 1. The summed E-state index contributed by atoms with van der Waals surface area (Å²) in [5.41, 5.74) is -3.53. The van der Waals surface area contributed by atoms with Crippen molar-refractivity contribution in [2.75, 3.05) is 0 Å². The van der Waals surface area contributed by atoms with Gasteiger partial charge in [0.2, 0.25) is 5.75 Å². The van der Waals surface area contributed by atoms with Crippen molar-refractivity contribution in [3.05, 3.63) is 78.3 Å². The Morgan fingerprint density at radius 2 is 1.93 bits per heavy atom. The molecule has 0 aliphatic rings. The minimum atomic E-state index is -5.01. The molecule has 154 valence electrons. The molecule has 0 fully saturated rings. The van der Waals surface area contributed by atoms with E-state index < -0.39 is 35.3 Å². The third-order valence-corrected chi connectivity index (χ3v) is 4.09. The molecule has 1 N–H and O–H groups in total. The number of H-pyrrole nitrogens is 1.